The van der Waals surface area contributed by atoms with Crippen molar-refractivity contribution >= 4 is 17.9 Å². The number of fused-ring (bicyclic) bond motifs is 1. The third-order valence-corrected chi connectivity index (χ3v) is 7.75. The van der Waals surface area contributed by atoms with E-state index in [9.17, 15) is 49.1 Å². The van der Waals surface area contributed by atoms with Gasteiger partial charge in [-0.2, -0.15) is 39.5 Å². The Labute approximate surface area is 235 Å². The van der Waals surface area contributed by atoms with Gasteiger partial charge in [0.05, 0.1) is 16.7 Å². The quantitative estimate of drug-likeness (QED) is 0.279. The van der Waals surface area contributed by atoms with Crippen molar-refractivity contribution in [3.63, 3.8) is 0 Å². The van der Waals surface area contributed by atoms with Gasteiger partial charge in [0, 0.05) is 19.2 Å². The molecule has 0 bridgehead atoms. The van der Waals surface area contributed by atoms with Crippen molar-refractivity contribution in [1.82, 2.24) is 10.2 Å². The fraction of sp³-hybridized carbons (Fsp3) is 0.448. The molecule has 3 atom stereocenters. The summed E-state index contributed by atoms with van der Waals surface area (Å²) in [5.74, 6) is -1.48. The molecule has 0 radical (unpaired) electrons. The Morgan fingerprint density at radius 1 is 0.857 bits per heavy atom. The van der Waals surface area contributed by atoms with Gasteiger partial charge in [-0.25, -0.2) is 0 Å². The highest BCUT2D eigenvalue weighted by Gasteiger charge is 2.43. The van der Waals surface area contributed by atoms with E-state index in [-0.39, 0.29) is 17.5 Å². The molecule has 0 spiro atoms. The van der Waals surface area contributed by atoms with Gasteiger partial charge in [-0.3, -0.25) is 9.59 Å². The van der Waals surface area contributed by atoms with E-state index < -0.39 is 58.6 Å². The lowest BCUT2D eigenvalue weighted by Gasteiger charge is -2.41. The molecule has 4 nitrogen and oxygen atoms in total. The maximum Gasteiger partial charge on any atom is 0.417 e. The summed E-state index contributed by atoms with van der Waals surface area (Å²) in [7, 11) is 0. The van der Waals surface area contributed by atoms with Crippen LogP contribution < -0.4 is 5.32 Å². The molecule has 2 fully saturated rings. The van der Waals surface area contributed by atoms with Crippen molar-refractivity contribution in [2.75, 3.05) is 13.1 Å². The summed E-state index contributed by atoms with van der Waals surface area (Å²) in [4.78, 5) is 26.8. The average molecular weight is 607 g/mol. The molecule has 0 aromatic heterocycles. The van der Waals surface area contributed by atoms with Crippen molar-refractivity contribution in [1.29, 1.82) is 0 Å². The smallest absolute Gasteiger partial charge is 0.338 e. The summed E-state index contributed by atoms with van der Waals surface area (Å²) in [5, 5.41) is 1.56. The van der Waals surface area contributed by atoms with Crippen LogP contribution >= 0.6 is 0 Å². The van der Waals surface area contributed by atoms with E-state index in [4.69, 9.17) is 0 Å². The first-order valence-electron chi connectivity index (χ1n) is 13.3. The lowest BCUT2D eigenvalue weighted by molar-refractivity contribution is -0.162. The zero-order valence-corrected chi connectivity index (χ0v) is 22.0. The summed E-state index contributed by atoms with van der Waals surface area (Å²) in [6.45, 7) is 0.709. The summed E-state index contributed by atoms with van der Waals surface area (Å²) in [6, 6.07) is 2.27. The standard InChI is InChI=1S/C29H27F9N2O2/c30-27(31,32)21-7-3-6-19(15-21)25(29(36,37)38)39-24(41)11-9-17-8-10-22(23(14-17)28(33,34)35)26(42)40-13-12-18-4-1-2-5-20(18)16-40/h3,6-11,14-15,18,20,25H,1-2,4-5,12-13,16H2,(H,39,41)/b11-9+/t18-,20-,25?/m1/s1. The Balaban J connectivity index is 1.52. The van der Waals surface area contributed by atoms with Crippen molar-refractivity contribution in [3.8, 4) is 0 Å². The summed E-state index contributed by atoms with van der Waals surface area (Å²) >= 11 is 0. The lowest BCUT2D eigenvalue weighted by atomic mass is 9.75. The number of hydrogen-bond acceptors (Lipinski definition) is 2. The largest absolute Gasteiger partial charge is 0.417 e. The second-order valence-corrected chi connectivity index (χ2v) is 10.6. The number of benzene rings is 2. The van der Waals surface area contributed by atoms with Crippen LogP contribution in [0.5, 0.6) is 0 Å². The van der Waals surface area contributed by atoms with Crippen LogP contribution in [0.4, 0.5) is 39.5 Å². The topological polar surface area (TPSA) is 49.4 Å². The summed E-state index contributed by atoms with van der Waals surface area (Å²) in [6.07, 6.45) is -8.90. The predicted octanol–water partition coefficient (Wildman–Crippen LogP) is 7.81. The monoisotopic (exact) mass is 606 g/mol. The van der Waals surface area contributed by atoms with Gasteiger partial charge in [0.25, 0.3) is 5.91 Å². The zero-order chi connectivity index (χ0) is 30.9. The number of nitrogens with one attached hydrogen (secondary N) is 1. The van der Waals surface area contributed by atoms with Crippen LogP contribution in [0.2, 0.25) is 0 Å². The molecule has 1 saturated heterocycles. The molecule has 1 aliphatic carbocycles. The van der Waals surface area contributed by atoms with E-state index in [1.54, 1.807) is 5.32 Å². The molecule has 1 N–H and O–H groups in total. The zero-order valence-electron chi connectivity index (χ0n) is 22.0. The number of likely N-dealkylation sites (tertiary alicyclic amines) is 1. The van der Waals surface area contributed by atoms with Crippen molar-refractivity contribution < 1.29 is 49.1 Å². The number of rotatable bonds is 5. The molecule has 13 heteroatoms. The van der Waals surface area contributed by atoms with E-state index >= 15 is 0 Å². The Morgan fingerprint density at radius 2 is 1.55 bits per heavy atom. The van der Waals surface area contributed by atoms with E-state index in [0.29, 0.717) is 43.6 Å². The van der Waals surface area contributed by atoms with Gasteiger partial charge >= 0.3 is 18.5 Å². The minimum atomic E-state index is -5.18. The minimum Gasteiger partial charge on any atom is -0.338 e. The second-order valence-electron chi connectivity index (χ2n) is 10.6. The maximum atomic E-state index is 14.0. The van der Waals surface area contributed by atoms with Crippen LogP contribution in [0.25, 0.3) is 6.08 Å². The summed E-state index contributed by atoms with van der Waals surface area (Å²) < 4.78 is 122. The number of halogens is 9. The third kappa shape index (κ3) is 7.46. The van der Waals surface area contributed by atoms with Gasteiger partial charge in [-0.15, -0.1) is 0 Å². The van der Waals surface area contributed by atoms with Gasteiger partial charge in [0.1, 0.15) is 0 Å². The summed E-state index contributed by atoms with van der Waals surface area (Å²) in [5.41, 5.74) is -4.27. The lowest BCUT2D eigenvalue weighted by Crippen LogP contribution is -2.45. The molecule has 2 amide bonds. The number of hydrogen-bond donors (Lipinski definition) is 1. The number of piperidine rings is 1. The Morgan fingerprint density at radius 3 is 2.19 bits per heavy atom. The molecule has 4 rings (SSSR count). The van der Waals surface area contributed by atoms with Gasteiger partial charge in [0.2, 0.25) is 5.91 Å². The molecule has 1 saturated carbocycles. The van der Waals surface area contributed by atoms with Crippen LogP contribution in [-0.4, -0.2) is 36.0 Å². The van der Waals surface area contributed by atoms with Crippen molar-refractivity contribution in [2.24, 2.45) is 11.8 Å². The molecule has 2 aromatic carbocycles. The van der Waals surface area contributed by atoms with E-state index in [1.165, 1.54) is 4.90 Å². The fourth-order valence-electron chi connectivity index (χ4n) is 5.65. The van der Waals surface area contributed by atoms with Crippen LogP contribution in [0, 0.1) is 11.8 Å². The van der Waals surface area contributed by atoms with Crippen molar-refractivity contribution in [3.05, 3.63) is 76.4 Å². The Kier molecular flexibility index (Phi) is 8.98. The second kappa shape index (κ2) is 12.0. The highest BCUT2D eigenvalue weighted by molar-refractivity contribution is 5.97. The number of alkyl halides is 9. The normalized spacial score (nSPS) is 20.7. The average Bonchev–Trinajstić information content (AvgIpc) is 2.92. The van der Waals surface area contributed by atoms with Crippen LogP contribution in [0.3, 0.4) is 0 Å². The highest BCUT2D eigenvalue weighted by Crippen LogP contribution is 2.39. The molecular weight excluding hydrogens is 579 g/mol. The van der Waals surface area contributed by atoms with Gasteiger partial charge in [0.15, 0.2) is 6.04 Å². The van der Waals surface area contributed by atoms with E-state index in [2.05, 4.69) is 0 Å². The molecule has 1 unspecified atom stereocenters. The van der Waals surface area contributed by atoms with Crippen molar-refractivity contribution in [2.45, 2.75) is 56.7 Å². The number of carbonyl (C=O) groups is 2. The van der Waals surface area contributed by atoms with Gasteiger partial charge in [-0.1, -0.05) is 37.5 Å². The first kappa shape index (κ1) is 31.4. The fourth-order valence-corrected chi connectivity index (χ4v) is 5.65. The number of amides is 2. The first-order chi connectivity index (χ1) is 19.5. The van der Waals surface area contributed by atoms with Gasteiger partial charge < -0.3 is 10.2 Å². The van der Waals surface area contributed by atoms with Crippen LogP contribution in [-0.2, 0) is 17.1 Å². The first-order valence-corrected chi connectivity index (χ1v) is 13.3. The molecule has 2 aliphatic rings. The minimum absolute atomic E-state index is 0.220. The molecule has 1 heterocycles. The maximum absolute atomic E-state index is 14.0. The number of carbonyl (C=O) groups excluding carboxylic acids is 2. The molecule has 42 heavy (non-hydrogen) atoms. The SMILES string of the molecule is O=C(/C=C/c1ccc(C(=O)N2CC[C@H]3CCCC[C@@H]3C2)c(C(F)(F)F)c1)NC(c1cccc(C(F)(F)F)c1)C(F)(F)F. The predicted molar refractivity (Wildman–Crippen MR) is 135 cm³/mol. The van der Waals surface area contributed by atoms with Crippen LogP contribution in [0.1, 0.15) is 70.8 Å². The van der Waals surface area contributed by atoms with Crippen LogP contribution in [0.15, 0.2) is 48.5 Å². The molecule has 2 aromatic rings. The molecule has 1 aliphatic heterocycles. The Hall–Kier alpha value is -3.51. The molecule has 228 valence electrons. The molecular formula is C29H27F9N2O2. The third-order valence-electron chi connectivity index (χ3n) is 7.75. The highest BCUT2D eigenvalue weighted by atomic mass is 19.4. The van der Waals surface area contributed by atoms with E-state index in [1.807, 2.05) is 0 Å². The number of nitrogens with zero attached hydrogens (tertiary/aromatic N) is 1. The van der Waals surface area contributed by atoms with Gasteiger partial charge in [-0.05, 0) is 66.1 Å². The van der Waals surface area contributed by atoms with E-state index in [0.717, 1.165) is 56.0 Å². The Bertz CT molecular complexity index is 1330.